The Kier molecular flexibility index (Phi) is 5.31. The van der Waals surface area contributed by atoms with Gasteiger partial charge in [0.1, 0.15) is 5.82 Å². The summed E-state index contributed by atoms with van der Waals surface area (Å²) in [6, 6.07) is 6.48. The van der Waals surface area contributed by atoms with Crippen molar-refractivity contribution < 1.29 is 14.2 Å². The lowest BCUT2D eigenvalue weighted by atomic mass is 10.1. The average Bonchev–Trinajstić information content (AvgIpc) is 3.21. The van der Waals surface area contributed by atoms with Crippen LogP contribution in [0, 0.1) is 11.7 Å². The van der Waals surface area contributed by atoms with Crippen molar-refractivity contribution in [1.29, 1.82) is 0 Å². The maximum absolute atomic E-state index is 12.8. The summed E-state index contributed by atoms with van der Waals surface area (Å²) < 4.78 is 18.2. The Bertz CT molecular complexity index is 378. The fourth-order valence-corrected chi connectivity index (χ4v) is 1.90. The van der Waals surface area contributed by atoms with Gasteiger partial charge in [-0.05, 0) is 43.4 Å². The number of ether oxygens (including phenoxy) is 1. The summed E-state index contributed by atoms with van der Waals surface area (Å²) in [6.45, 7) is 3.61. The summed E-state index contributed by atoms with van der Waals surface area (Å²) in [4.78, 5) is 0. The quantitative estimate of drug-likeness (QED) is 0.759. The third-order valence-electron chi connectivity index (χ3n) is 3.39. The Morgan fingerprint density at radius 3 is 2.68 bits per heavy atom. The van der Waals surface area contributed by atoms with Crippen molar-refractivity contribution in [1.82, 2.24) is 5.32 Å². The van der Waals surface area contributed by atoms with Gasteiger partial charge in [0.25, 0.3) is 0 Å². The molecule has 1 aliphatic carbocycles. The molecule has 2 N–H and O–H groups in total. The zero-order valence-electron chi connectivity index (χ0n) is 11.3. The van der Waals surface area contributed by atoms with Gasteiger partial charge in [0.2, 0.25) is 0 Å². The van der Waals surface area contributed by atoms with Crippen LogP contribution in [-0.4, -0.2) is 31.0 Å². The van der Waals surface area contributed by atoms with Crippen molar-refractivity contribution >= 4 is 0 Å². The third kappa shape index (κ3) is 5.27. The monoisotopic (exact) mass is 267 g/mol. The van der Waals surface area contributed by atoms with E-state index in [2.05, 4.69) is 5.32 Å². The Morgan fingerprint density at radius 1 is 1.37 bits per heavy atom. The molecule has 1 aromatic carbocycles. The van der Waals surface area contributed by atoms with Crippen LogP contribution in [0.5, 0.6) is 0 Å². The second-order valence-corrected chi connectivity index (χ2v) is 5.32. The molecular weight excluding hydrogens is 245 g/mol. The maximum Gasteiger partial charge on any atom is 0.123 e. The summed E-state index contributed by atoms with van der Waals surface area (Å²) in [5.74, 6) is 0.489. The third-order valence-corrected chi connectivity index (χ3v) is 3.39. The second-order valence-electron chi connectivity index (χ2n) is 5.32. The van der Waals surface area contributed by atoms with Crippen LogP contribution in [0.15, 0.2) is 24.3 Å². The van der Waals surface area contributed by atoms with Gasteiger partial charge >= 0.3 is 0 Å². The zero-order chi connectivity index (χ0) is 13.7. The topological polar surface area (TPSA) is 41.5 Å². The first-order valence-electron chi connectivity index (χ1n) is 6.90. The molecule has 1 fully saturated rings. The average molecular weight is 267 g/mol. The molecule has 19 heavy (non-hydrogen) atoms. The molecule has 0 amide bonds. The minimum atomic E-state index is -0.498. The van der Waals surface area contributed by atoms with Crippen molar-refractivity contribution in [2.75, 3.05) is 19.8 Å². The molecule has 3 nitrogen and oxygen atoms in total. The lowest BCUT2D eigenvalue weighted by Gasteiger charge is -2.17. The van der Waals surface area contributed by atoms with E-state index in [9.17, 15) is 9.50 Å². The molecule has 0 bridgehead atoms. The fourth-order valence-electron chi connectivity index (χ4n) is 1.90. The van der Waals surface area contributed by atoms with Crippen molar-refractivity contribution in [2.24, 2.45) is 5.92 Å². The summed E-state index contributed by atoms with van der Waals surface area (Å²) in [5, 5.41) is 13.0. The van der Waals surface area contributed by atoms with Crippen molar-refractivity contribution in [2.45, 2.75) is 31.9 Å². The van der Waals surface area contributed by atoms with Crippen LogP contribution in [0.1, 0.15) is 31.4 Å². The number of aliphatic hydroxyl groups is 1. The fraction of sp³-hybridized carbons (Fsp3) is 0.600. The summed E-state index contributed by atoms with van der Waals surface area (Å²) in [7, 11) is 0. The van der Waals surface area contributed by atoms with Gasteiger partial charge in [-0.15, -0.1) is 0 Å². The highest BCUT2D eigenvalue weighted by Crippen LogP contribution is 2.28. The molecule has 0 radical (unpaired) electrons. The molecule has 2 atom stereocenters. The second kappa shape index (κ2) is 6.98. The zero-order valence-corrected chi connectivity index (χ0v) is 11.3. The number of hydrogen-bond acceptors (Lipinski definition) is 3. The highest BCUT2D eigenvalue weighted by atomic mass is 19.1. The van der Waals surface area contributed by atoms with Gasteiger partial charge in [-0.1, -0.05) is 12.1 Å². The predicted octanol–water partition coefficient (Wildman–Crippen LogP) is 2.26. The van der Waals surface area contributed by atoms with Crippen molar-refractivity contribution in [3.05, 3.63) is 35.6 Å². The molecule has 0 spiro atoms. The number of nitrogens with one attached hydrogen (secondary N) is 1. The van der Waals surface area contributed by atoms with Crippen LogP contribution in [0.2, 0.25) is 0 Å². The molecule has 2 unspecified atom stereocenters. The van der Waals surface area contributed by atoms with E-state index in [1.54, 1.807) is 12.1 Å². The van der Waals surface area contributed by atoms with Crippen LogP contribution in [0.4, 0.5) is 4.39 Å². The smallest absolute Gasteiger partial charge is 0.123 e. The van der Waals surface area contributed by atoms with E-state index < -0.39 is 6.10 Å². The largest absolute Gasteiger partial charge is 0.389 e. The van der Waals surface area contributed by atoms with E-state index in [4.69, 9.17) is 4.74 Å². The Hall–Kier alpha value is -0.970. The Labute approximate surface area is 113 Å². The Morgan fingerprint density at radius 2 is 2.05 bits per heavy atom. The molecule has 1 saturated carbocycles. The number of benzene rings is 1. The summed E-state index contributed by atoms with van der Waals surface area (Å²) in [5.41, 5.74) is 1.01. The molecule has 0 aromatic heterocycles. The molecule has 2 rings (SSSR count). The first-order chi connectivity index (χ1) is 9.15. The van der Waals surface area contributed by atoms with E-state index in [0.717, 1.165) is 18.1 Å². The molecule has 4 heteroatoms. The van der Waals surface area contributed by atoms with Gasteiger partial charge in [-0.3, -0.25) is 0 Å². The van der Waals surface area contributed by atoms with Gasteiger partial charge in [0, 0.05) is 19.2 Å². The first kappa shape index (κ1) is 14.4. The normalized spacial score (nSPS) is 18.3. The van der Waals surface area contributed by atoms with Crippen molar-refractivity contribution in [3.8, 4) is 0 Å². The van der Waals surface area contributed by atoms with Crippen molar-refractivity contribution in [3.63, 3.8) is 0 Å². The van der Waals surface area contributed by atoms with E-state index in [1.807, 2.05) is 6.92 Å². The van der Waals surface area contributed by atoms with E-state index >= 15 is 0 Å². The predicted molar refractivity (Wildman–Crippen MR) is 72.4 cm³/mol. The molecule has 1 aliphatic rings. The van der Waals surface area contributed by atoms with E-state index in [0.29, 0.717) is 13.2 Å². The number of hydrogen-bond donors (Lipinski definition) is 2. The van der Waals surface area contributed by atoms with E-state index in [1.165, 1.54) is 25.0 Å². The minimum absolute atomic E-state index is 0.0821. The lowest BCUT2D eigenvalue weighted by molar-refractivity contribution is 0.0315. The summed E-state index contributed by atoms with van der Waals surface area (Å²) >= 11 is 0. The van der Waals surface area contributed by atoms with Crippen LogP contribution in [-0.2, 0) is 4.74 Å². The first-order valence-corrected chi connectivity index (χ1v) is 6.90. The van der Waals surface area contributed by atoms with Crippen LogP contribution < -0.4 is 5.32 Å². The maximum atomic E-state index is 12.8. The molecular formula is C15H22FNO2. The molecule has 0 aliphatic heterocycles. The van der Waals surface area contributed by atoms with Crippen LogP contribution in [0.25, 0.3) is 0 Å². The van der Waals surface area contributed by atoms with Gasteiger partial charge in [0.15, 0.2) is 0 Å². The molecule has 0 saturated heterocycles. The minimum Gasteiger partial charge on any atom is -0.389 e. The SMILES string of the molecule is CC(NCC(O)COCC1CC1)c1ccc(F)cc1. The Balaban J connectivity index is 1.64. The molecule has 1 aromatic rings. The van der Waals surface area contributed by atoms with Gasteiger partial charge in [0.05, 0.1) is 12.7 Å². The molecule has 106 valence electrons. The standard InChI is InChI=1S/C15H22FNO2/c1-11(13-4-6-14(16)7-5-13)17-8-15(18)10-19-9-12-2-3-12/h4-7,11-12,15,17-18H,2-3,8-10H2,1H3. The number of halogens is 1. The number of aliphatic hydroxyl groups excluding tert-OH is 1. The summed E-state index contributed by atoms with van der Waals surface area (Å²) in [6.07, 6.45) is 2.02. The van der Waals surface area contributed by atoms with E-state index in [-0.39, 0.29) is 11.9 Å². The van der Waals surface area contributed by atoms with Crippen LogP contribution in [0.3, 0.4) is 0 Å². The van der Waals surface area contributed by atoms with Gasteiger partial charge < -0.3 is 15.2 Å². The number of rotatable bonds is 8. The highest BCUT2D eigenvalue weighted by molar-refractivity contribution is 5.19. The van der Waals surface area contributed by atoms with Gasteiger partial charge in [-0.25, -0.2) is 4.39 Å². The lowest BCUT2D eigenvalue weighted by Crippen LogP contribution is -2.32. The van der Waals surface area contributed by atoms with Gasteiger partial charge in [-0.2, -0.15) is 0 Å². The molecule has 0 heterocycles. The van der Waals surface area contributed by atoms with Crippen LogP contribution >= 0.6 is 0 Å². The highest BCUT2D eigenvalue weighted by Gasteiger charge is 2.21.